The lowest BCUT2D eigenvalue weighted by atomic mass is 10.0. The Hall–Kier alpha value is -1.18. The zero-order chi connectivity index (χ0) is 14.8. The zero-order valence-corrected chi connectivity index (χ0v) is 12.3. The lowest BCUT2D eigenvalue weighted by molar-refractivity contribution is -0.185. The third-order valence-electron chi connectivity index (χ3n) is 3.38. The van der Waals surface area contributed by atoms with Gasteiger partial charge in [0.15, 0.2) is 0 Å². The number of hydrogen-bond acceptors (Lipinski definition) is 7. The molecule has 0 unspecified atom stereocenters. The number of rotatable bonds is 4. The third-order valence-corrected chi connectivity index (χ3v) is 3.38. The van der Waals surface area contributed by atoms with Gasteiger partial charge in [-0.05, 0) is 27.7 Å². The molecule has 0 saturated carbocycles. The van der Waals surface area contributed by atoms with Crippen LogP contribution in [0.1, 0.15) is 27.7 Å². The van der Waals surface area contributed by atoms with Crippen LogP contribution in [-0.4, -0.2) is 60.7 Å². The van der Waals surface area contributed by atoms with Gasteiger partial charge in [0.2, 0.25) is 0 Å². The molecular formula is C12H22N2O5. The average molecular weight is 274 g/mol. The molecule has 0 aromatic heterocycles. The van der Waals surface area contributed by atoms with Crippen molar-refractivity contribution in [3.8, 4) is 0 Å². The Bertz CT molecular complexity index is 333. The molecule has 1 saturated heterocycles. The summed E-state index contributed by atoms with van der Waals surface area (Å²) < 4.78 is 15.0. The van der Waals surface area contributed by atoms with E-state index in [1.165, 1.54) is 14.2 Å². The van der Waals surface area contributed by atoms with E-state index in [0.717, 1.165) is 0 Å². The van der Waals surface area contributed by atoms with Crippen molar-refractivity contribution in [3.63, 3.8) is 0 Å². The molecule has 0 aromatic rings. The Balaban J connectivity index is 3.03. The second-order valence-electron chi connectivity index (χ2n) is 5.36. The Morgan fingerprint density at radius 3 is 1.47 bits per heavy atom. The largest absolute Gasteiger partial charge is 0.468 e. The van der Waals surface area contributed by atoms with E-state index >= 15 is 0 Å². The molecule has 7 heteroatoms. The van der Waals surface area contributed by atoms with Gasteiger partial charge in [-0.25, -0.2) is 0 Å². The molecular weight excluding hydrogens is 252 g/mol. The molecule has 1 fully saturated rings. The van der Waals surface area contributed by atoms with Crippen LogP contribution in [-0.2, 0) is 23.8 Å². The number of ether oxygens (including phenoxy) is 3. The molecule has 110 valence electrons. The first-order valence-electron chi connectivity index (χ1n) is 5.99. The molecule has 1 heterocycles. The fraction of sp³-hybridized carbons (Fsp3) is 0.833. The number of carbonyl (C=O) groups excluding carboxylic acids is 2. The Labute approximate surface area is 113 Å². The first kappa shape index (κ1) is 15.9. The van der Waals surface area contributed by atoms with Crippen LogP contribution in [0.2, 0.25) is 0 Å². The topological polar surface area (TPSA) is 68.3 Å². The summed E-state index contributed by atoms with van der Waals surface area (Å²) in [5.41, 5.74) is -1.87. The predicted octanol–water partition coefficient (Wildman–Crippen LogP) is 0.354. The zero-order valence-electron chi connectivity index (χ0n) is 12.3. The third kappa shape index (κ3) is 2.72. The summed E-state index contributed by atoms with van der Waals surface area (Å²) in [5.74, 6) is -0.799. The highest BCUT2D eigenvalue weighted by Gasteiger charge is 2.49. The monoisotopic (exact) mass is 274 g/mol. The van der Waals surface area contributed by atoms with Gasteiger partial charge in [0.25, 0.3) is 0 Å². The molecule has 1 aliphatic heterocycles. The SMILES string of the molecule is COC(=O)C(C)(C)N1COCN1C(C)(C)C(=O)OC. The number of esters is 2. The van der Waals surface area contributed by atoms with Crippen molar-refractivity contribution in [2.45, 2.75) is 38.8 Å². The van der Waals surface area contributed by atoms with E-state index in [0.29, 0.717) is 0 Å². The number of carbonyl (C=O) groups is 2. The molecule has 1 rings (SSSR count). The first-order valence-corrected chi connectivity index (χ1v) is 5.99. The maximum atomic E-state index is 11.9. The normalized spacial score (nSPS) is 18.4. The van der Waals surface area contributed by atoms with Crippen molar-refractivity contribution in [1.29, 1.82) is 0 Å². The van der Waals surface area contributed by atoms with Crippen molar-refractivity contribution in [2.24, 2.45) is 0 Å². The van der Waals surface area contributed by atoms with Gasteiger partial charge >= 0.3 is 11.9 Å². The Morgan fingerprint density at radius 1 is 0.895 bits per heavy atom. The van der Waals surface area contributed by atoms with Gasteiger partial charge in [-0.15, -0.1) is 0 Å². The molecule has 0 bridgehead atoms. The highest BCUT2D eigenvalue weighted by molar-refractivity contribution is 5.81. The summed E-state index contributed by atoms with van der Waals surface area (Å²) >= 11 is 0. The van der Waals surface area contributed by atoms with Crippen LogP contribution in [0.15, 0.2) is 0 Å². The quantitative estimate of drug-likeness (QED) is 0.685. The summed E-state index contributed by atoms with van der Waals surface area (Å²) in [6.07, 6.45) is 0. The molecule has 7 nitrogen and oxygen atoms in total. The number of hydrogen-bond donors (Lipinski definition) is 0. The van der Waals surface area contributed by atoms with Crippen molar-refractivity contribution >= 4 is 11.9 Å². The van der Waals surface area contributed by atoms with E-state index < -0.39 is 23.0 Å². The first-order chi connectivity index (χ1) is 8.69. The van der Waals surface area contributed by atoms with Crippen LogP contribution in [0, 0.1) is 0 Å². The van der Waals surface area contributed by atoms with Gasteiger partial charge in [0.1, 0.15) is 24.5 Å². The van der Waals surface area contributed by atoms with E-state index in [1.807, 2.05) is 0 Å². The molecule has 0 radical (unpaired) electrons. The maximum Gasteiger partial charge on any atom is 0.327 e. The standard InChI is InChI=1S/C12H22N2O5/c1-11(2,9(15)17-5)13-7-19-8-14(13)12(3,4)10(16)18-6/h7-8H2,1-6H3. The number of hydrazine groups is 1. The molecule has 1 aliphatic rings. The fourth-order valence-electron chi connectivity index (χ4n) is 1.99. The second kappa shape index (κ2) is 5.44. The molecule has 0 atom stereocenters. The smallest absolute Gasteiger partial charge is 0.327 e. The van der Waals surface area contributed by atoms with Gasteiger partial charge in [-0.2, -0.15) is 10.0 Å². The number of nitrogens with zero attached hydrogens (tertiary/aromatic N) is 2. The van der Waals surface area contributed by atoms with Crippen molar-refractivity contribution in [3.05, 3.63) is 0 Å². The van der Waals surface area contributed by atoms with Gasteiger partial charge < -0.3 is 14.2 Å². The summed E-state index contributed by atoms with van der Waals surface area (Å²) in [7, 11) is 2.66. The Kier molecular flexibility index (Phi) is 4.54. The lowest BCUT2D eigenvalue weighted by Crippen LogP contribution is -2.63. The maximum absolute atomic E-state index is 11.9. The number of methoxy groups -OCH3 is 2. The average Bonchev–Trinajstić information content (AvgIpc) is 2.86. The van der Waals surface area contributed by atoms with Crippen LogP contribution >= 0.6 is 0 Å². The van der Waals surface area contributed by atoms with Crippen LogP contribution in [0.25, 0.3) is 0 Å². The molecule has 0 aromatic carbocycles. The van der Waals surface area contributed by atoms with Gasteiger partial charge in [0.05, 0.1) is 14.2 Å². The minimum atomic E-state index is -0.934. The Morgan fingerprint density at radius 2 is 1.21 bits per heavy atom. The molecule has 19 heavy (non-hydrogen) atoms. The fourth-order valence-corrected chi connectivity index (χ4v) is 1.99. The van der Waals surface area contributed by atoms with E-state index in [-0.39, 0.29) is 13.5 Å². The van der Waals surface area contributed by atoms with Crippen molar-refractivity contribution in [2.75, 3.05) is 27.7 Å². The van der Waals surface area contributed by atoms with E-state index in [2.05, 4.69) is 0 Å². The van der Waals surface area contributed by atoms with Gasteiger partial charge in [0, 0.05) is 0 Å². The highest BCUT2D eigenvalue weighted by Crippen LogP contribution is 2.29. The van der Waals surface area contributed by atoms with E-state index in [1.54, 1.807) is 37.7 Å². The van der Waals surface area contributed by atoms with E-state index in [4.69, 9.17) is 14.2 Å². The summed E-state index contributed by atoms with van der Waals surface area (Å²) in [4.78, 5) is 23.7. The molecule has 0 spiro atoms. The van der Waals surface area contributed by atoms with Crippen LogP contribution < -0.4 is 0 Å². The summed E-state index contributed by atoms with van der Waals surface area (Å²) in [6, 6.07) is 0. The van der Waals surface area contributed by atoms with Crippen LogP contribution in [0.5, 0.6) is 0 Å². The van der Waals surface area contributed by atoms with Crippen molar-refractivity contribution < 1.29 is 23.8 Å². The summed E-state index contributed by atoms with van der Waals surface area (Å²) in [6.45, 7) is 7.29. The summed E-state index contributed by atoms with van der Waals surface area (Å²) in [5, 5.41) is 3.35. The molecule has 0 aliphatic carbocycles. The van der Waals surface area contributed by atoms with Crippen LogP contribution in [0.3, 0.4) is 0 Å². The van der Waals surface area contributed by atoms with Gasteiger partial charge in [-0.3, -0.25) is 9.59 Å². The van der Waals surface area contributed by atoms with Gasteiger partial charge in [-0.1, -0.05) is 0 Å². The van der Waals surface area contributed by atoms with Crippen molar-refractivity contribution in [1.82, 2.24) is 10.0 Å². The van der Waals surface area contributed by atoms with Crippen LogP contribution in [0.4, 0.5) is 0 Å². The molecule has 0 amide bonds. The second-order valence-corrected chi connectivity index (χ2v) is 5.36. The van der Waals surface area contributed by atoms with E-state index in [9.17, 15) is 9.59 Å². The minimum Gasteiger partial charge on any atom is -0.468 e. The predicted molar refractivity (Wildman–Crippen MR) is 66.7 cm³/mol. The highest BCUT2D eigenvalue weighted by atomic mass is 16.6. The lowest BCUT2D eigenvalue weighted by Gasteiger charge is -2.43. The minimum absolute atomic E-state index is 0.211. The molecule has 0 N–H and O–H groups in total.